The summed E-state index contributed by atoms with van der Waals surface area (Å²) in [6.07, 6.45) is 0. The molecule has 1 aliphatic rings. The third-order valence-corrected chi connectivity index (χ3v) is 5.25. The Hall–Kier alpha value is -3.10. The first-order valence-corrected chi connectivity index (χ1v) is 9.54. The van der Waals surface area contributed by atoms with E-state index in [4.69, 9.17) is 9.47 Å². The van der Waals surface area contributed by atoms with Gasteiger partial charge < -0.3 is 9.47 Å². The number of hydrogen-bond donors (Lipinski definition) is 2. The molecule has 0 atom stereocenters. The second-order valence-corrected chi connectivity index (χ2v) is 7.06. The first kappa shape index (κ1) is 19.2. The summed E-state index contributed by atoms with van der Waals surface area (Å²) >= 11 is 0. The van der Waals surface area contributed by atoms with Crippen LogP contribution >= 0.6 is 0 Å². The van der Waals surface area contributed by atoms with Crippen LogP contribution in [0.25, 0.3) is 5.69 Å². The topological polar surface area (TPSA) is 82.3 Å². The second-order valence-electron chi connectivity index (χ2n) is 7.06. The molecule has 4 rings (SSSR count). The van der Waals surface area contributed by atoms with Crippen molar-refractivity contribution in [1.29, 1.82) is 0 Å². The summed E-state index contributed by atoms with van der Waals surface area (Å²) < 4.78 is 14.0. The number of nitrogens with one attached hydrogen (secondary N) is 2. The Bertz CT molecular complexity index is 1070. The Labute approximate surface area is 169 Å². The van der Waals surface area contributed by atoms with Gasteiger partial charge >= 0.3 is 5.69 Å². The Morgan fingerprint density at radius 2 is 1.90 bits per heavy atom. The second kappa shape index (κ2) is 8.10. The van der Waals surface area contributed by atoms with Crippen LogP contribution in [-0.2, 0) is 6.54 Å². The summed E-state index contributed by atoms with van der Waals surface area (Å²) in [6, 6.07) is 13.5. The molecule has 1 saturated heterocycles. The van der Waals surface area contributed by atoms with Gasteiger partial charge in [0.05, 0.1) is 26.5 Å². The van der Waals surface area contributed by atoms with Crippen molar-refractivity contribution in [2.75, 3.05) is 27.3 Å². The smallest absolute Gasteiger partial charge is 0.351 e. The van der Waals surface area contributed by atoms with Gasteiger partial charge in [-0.25, -0.2) is 4.79 Å². The quantitative estimate of drug-likeness (QED) is 0.660. The van der Waals surface area contributed by atoms with E-state index in [0.717, 1.165) is 35.7 Å². The molecule has 8 nitrogen and oxygen atoms in total. The minimum Gasteiger partial charge on any atom is -0.497 e. The van der Waals surface area contributed by atoms with Crippen molar-refractivity contribution in [2.45, 2.75) is 19.4 Å². The van der Waals surface area contributed by atoms with Crippen LogP contribution < -0.4 is 26.0 Å². The highest BCUT2D eigenvalue weighted by atomic mass is 16.5. The summed E-state index contributed by atoms with van der Waals surface area (Å²) in [5, 5.41) is 4.48. The lowest BCUT2D eigenvalue weighted by atomic mass is 9.99. The molecule has 1 aliphatic heterocycles. The Balaban J connectivity index is 1.67. The fourth-order valence-corrected chi connectivity index (χ4v) is 3.65. The fourth-order valence-electron chi connectivity index (χ4n) is 3.65. The van der Waals surface area contributed by atoms with E-state index in [1.807, 2.05) is 49.4 Å². The number of hydrogen-bond acceptors (Lipinski definition) is 6. The normalized spacial score (nSPS) is 14.3. The Morgan fingerprint density at radius 1 is 1.10 bits per heavy atom. The minimum absolute atomic E-state index is 0.190. The molecule has 3 aromatic rings. The average Bonchev–Trinajstić information content (AvgIpc) is 3.38. The standard InChI is InChI=1S/C21H25N5O3/c1-14-24-26(21(27)25(14)13-15-5-4-6-18(9-15)28-2)17-7-8-19(20(10-17)29-3)16-11-22-23-12-16/h4-10,16,22-23H,11-13H2,1-3H3. The summed E-state index contributed by atoms with van der Waals surface area (Å²) in [5.74, 6) is 2.48. The highest BCUT2D eigenvalue weighted by Gasteiger charge is 2.21. The van der Waals surface area contributed by atoms with Crippen LogP contribution in [0.3, 0.4) is 0 Å². The molecule has 1 fully saturated rings. The molecule has 0 radical (unpaired) electrons. The third kappa shape index (κ3) is 3.76. The van der Waals surface area contributed by atoms with Gasteiger partial charge in [0.15, 0.2) is 0 Å². The van der Waals surface area contributed by atoms with Crippen molar-refractivity contribution >= 4 is 0 Å². The summed E-state index contributed by atoms with van der Waals surface area (Å²) in [4.78, 5) is 13.1. The first-order chi connectivity index (χ1) is 14.1. The number of hydrazine groups is 1. The largest absolute Gasteiger partial charge is 0.497 e. The van der Waals surface area contributed by atoms with Gasteiger partial charge in [0.2, 0.25) is 0 Å². The molecule has 0 saturated carbocycles. The maximum absolute atomic E-state index is 13.1. The number of benzene rings is 2. The zero-order chi connectivity index (χ0) is 20.4. The predicted molar refractivity (Wildman–Crippen MR) is 110 cm³/mol. The van der Waals surface area contributed by atoms with E-state index in [1.54, 1.807) is 18.8 Å². The molecule has 2 heterocycles. The molecule has 0 spiro atoms. The van der Waals surface area contributed by atoms with E-state index in [9.17, 15) is 4.79 Å². The molecule has 0 amide bonds. The number of ether oxygens (including phenoxy) is 2. The van der Waals surface area contributed by atoms with Crippen LogP contribution in [0.4, 0.5) is 0 Å². The Morgan fingerprint density at radius 3 is 2.62 bits per heavy atom. The zero-order valence-corrected chi connectivity index (χ0v) is 16.8. The minimum atomic E-state index is -0.190. The molecular weight excluding hydrogens is 370 g/mol. The van der Waals surface area contributed by atoms with Crippen LogP contribution in [0, 0.1) is 6.92 Å². The predicted octanol–water partition coefficient (Wildman–Crippen LogP) is 1.60. The number of aryl methyl sites for hydroxylation is 1. The van der Waals surface area contributed by atoms with Crippen molar-refractivity contribution in [3.63, 3.8) is 0 Å². The molecule has 1 aromatic heterocycles. The number of rotatable bonds is 6. The summed E-state index contributed by atoms with van der Waals surface area (Å²) in [6.45, 7) is 3.93. The number of aromatic nitrogens is 3. The van der Waals surface area contributed by atoms with Crippen LogP contribution in [0.2, 0.25) is 0 Å². The van der Waals surface area contributed by atoms with Crippen molar-refractivity contribution in [1.82, 2.24) is 25.2 Å². The lowest BCUT2D eigenvalue weighted by Gasteiger charge is -2.14. The van der Waals surface area contributed by atoms with Crippen molar-refractivity contribution in [3.05, 3.63) is 69.9 Å². The van der Waals surface area contributed by atoms with E-state index in [-0.39, 0.29) is 5.69 Å². The van der Waals surface area contributed by atoms with E-state index in [2.05, 4.69) is 16.0 Å². The van der Waals surface area contributed by atoms with Crippen molar-refractivity contribution < 1.29 is 9.47 Å². The molecule has 2 aromatic carbocycles. The first-order valence-electron chi connectivity index (χ1n) is 9.54. The molecule has 0 bridgehead atoms. The highest BCUT2D eigenvalue weighted by Crippen LogP contribution is 2.29. The number of methoxy groups -OCH3 is 2. The zero-order valence-electron chi connectivity index (χ0n) is 16.8. The molecule has 29 heavy (non-hydrogen) atoms. The van der Waals surface area contributed by atoms with Gasteiger partial charge in [0, 0.05) is 25.1 Å². The molecular formula is C21H25N5O3. The van der Waals surface area contributed by atoms with Crippen LogP contribution in [0.15, 0.2) is 47.3 Å². The summed E-state index contributed by atoms with van der Waals surface area (Å²) in [7, 11) is 3.27. The lowest BCUT2D eigenvalue weighted by molar-refractivity contribution is 0.406. The van der Waals surface area contributed by atoms with Gasteiger partial charge in [-0.2, -0.15) is 9.78 Å². The van der Waals surface area contributed by atoms with Gasteiger partial charge in [-0.05, 0) is 36.2 Å². The van der Waals surface area contributed by atoms with Crippen molar-refractivity contribution in [2.24, 2.45) is 0 Å². The third-order valence-electron chi connectivity index (χ3n) is 5.25. The van der Waals surface area contributed by atoms with E-state index < -0.39 is 0 Å². The van der Waals surface area contributed by atoms with Crippen LogP contribution in [0.1, 0.15) is 22.9 Å². The molecule has 2 N–H and O–H groups in total. The molecule has 0 unspecified atom stereocenters. The average molecular weight is 395 g/mol. The Kier molecular flexibility index (Phi) is 5.37. The van der Waals surface area contributed by atoms with E-state index >= 15 is 0 Å². The van der Waals surface area contributed by atoms with E-state index in [0.29, 0.717) is 24.0 Å². The molecule has 152 valence electrons. The van der Waals surface area contributed by atoms with E-state index in [1.165, 1.54) is 4.68 Å². The maximum Gasteiger partial charge on any atom is 0.351 e. The van der Waals surface area contributed by atoms with Gasteiger partial charge in [-0.15, -0.1) is 0 Å². The van der Waals surface area contributed by atoms with Gasteiger partial charge in [-0.3, -0.25) is 15.4 Å². The van der Waals surface area contributed by atoms with Gasteiger partial charge in [-0.1, -0.05) is 18.2 Å². The van der Waals surface area contributed by atoms with Crippen molar-refractivity contribution in [3.8, 4) is 17.2 Å². The fraction of sp³-hybridized carbons (Fsp3) is 0.333. The number of nitrogens with zero attached hydrogens (tertiary/aromatic N) is 3. The SMILES string of the molecule is COc1cccc(Cn2c(C)nn(-c3ccc(C4CNNC4)c(OC)c3)c2=O)c1. The lowest BCUT2D eigenvalue weighted by Crippen LogP contribution is -2.24. The van der Waals surface area contributed by atoms with Gasteiger partial charge in [0.1, 0.15) is 17.3 Å². The molecule has 8 heteroatoms. The molecule has 0 aliphatic carbocycles. The van der Waals surface area contributed by atoms with Crippen LogP contribution in [-0.4, -0.2) is 41.7 Å². The van der Waals surface area contributed by atoms with Crippen LogP contribution in [0.5, 0.6) is 11.5 Å². The monoisotopic (exact) mass is 395 g/mol. The highest BCUT2D eigenvalue weighted by molar-refractivity contribution is 5.46. The summed E-state index contributed by atoms with van der Waals surface area (Å²) in [5.41, 5.74) is 8.84. The van der Waals surface area contributed by atoms with Gasteiger partial charge in [0.25, 0.3) is 0 Å². The maximum atomic E-state index is 13.1.